The average Bonchev–Trinajstić information content (AvgIpc) is 3.62. The molecule has 1 aliphatic rings. The molecular formula is C25H21ClFNO4. The van der Waals surface area contributed by atoms with E-state index in [1.807, 2.05) is 36.4 Å². The fourth-order valence-corrected chi connectivity index (χ4v) is 4.00. The van der Waals surface area contributed by atoms with Crippen LogP contribution in [-0.2, 0) is 15.1 Å². The van der Waals surface area contributed by atoms with Crippen LogP contribution >= 0.6 is 11.6 Å². The Kier molecular flexibility index (Phi) is 6.33. The number of epoxide rings is 1. The number of nitrogens with zero attached hydrogens (tertiary/aromatic N) is 1. The molecule has 0 radical (unpaired) electrons. The predicted octanol–water partition coefficient (Wildman–Crippen LogP) is 5.33. The molecule has 1 atom stereocenters. The van der Waals surface area contributed by atoms with Gasteiger partial charge in [-0.15, -0.1) is 0 Å². The first kappa shape index (κ1) is 22.1. The molecule has 1 fully saturated rings. The highest BCUT2D eigenvalue weighted by molar-refractivity contribution is 6.33. The number of hydrogen-bond donors (Lipinski definition) is 0. The molecule has 0 saturated carbocycles. The molecule has 3 aromatic carbocycles. The zero-order valence-electron chi connectivity index (χ0n) is 17.7. The summed E-state index contributed by atoms with van der Waals surface area (Å²) in [5.41, 5.74) is 1.51. The molecule has 0 spiro atoms. The third-order valence-electron chi connectivity index (χ3n) is 5.44. The number of nitriles is 1. The number of ether oxygens (including phenoxy) is 4. The maximum Gasteiger partial charge on any atom is 0.174 e. The van der Waals surface area contributed by atoms with Crippen molar-refractivity contribution < 1.29 is 23.3 Å². The van der Waals surface area contributed by atoms with Crippen LogP contribution in [0.2, 0.25) is 5.02 Å². The second-order valence-electron chi connectivity index (χ2n) is 7.27. The number of hydrogen-bond acceptors (Lipinski definition) is 5. The Balaban J connectivity index is 1.88. The van der Waals surface area contributed by atoms with Crippen LogP contribution < -0.4 is 9.47 Å². The summed E-state index contributed by atoms with van der Waals surface area (Å²) in [5, 5.41) is 9.90. The van der Waals surface area contributed by atoms with Gasteiger partial charge in [0.1, 0.15) is 18.0 Å². The first-order chi connectivity index (χ1) is 15.6. The second-order valence-corrected chi connectivity index (χ2v) is 7.67. The van der Waals surface area contributed by atoms with Gasteiger partial charge in [-0.2, -0.15) is 5.26 Å². The summed E-state index contributed by atoms with van der Waals surface area (Å²) in [4.78, 5) is 0. The fraction of sp³-hybridized carbons (Fsp3) is 0.240. The number of benzene rings is 3. The third kappa shape index (κ3) is 3.91. The van der Waals surface area contributed by atoms with Crippen molar-refractivity contribution in [2.24, 2.45) is 0 Å². The monoisotopic (exact) mass is 453 g/mol. The summed E-state index contributed by atoms with van der Waals surface area (Å²) < 4.78 is 37.5. The van der Waals surface area contributed by atoms with E-state index in [1.54, 1.807) is 19.2 Å². The zero-order chi connectivity index (χ0) is 22.7. The maximum absolute atomic E-state index is 15.5. The van der Waals surface area contributed by atoms with E-state index in [1.165, 1.54) is 19.2 Å². The molecule has 32 heavy (non-hydrogen) atoms. The molecule has 1 saturated heterocycles. The lowest BCUT2D eigenvalue weighted by molar-refractivity contribution is 0.144. The summed E-state index contributed by atoms with van der Waals surface area (Å²) in [6.45, 7) is 0.923. The van der Waals surface area contributed by atoms with Crippen molar-refractivity contribution >= 4 is 11.6 Å². The van der Waals surface area contributed by atoms with Crippen molar-refractivity contribution in [2.75, 3.05) is 34.0 Å². The Labute approximate surface area is 190 Å². The fourth-order valence-electron chi connectivity index (χ4n) is 3.75. The van der Waals surface area contributed by atoms with E-state index in [4.69, 9.17) is 30.5 Å². The first-order valence-electron chi connectivity index (χ1n) is 9.98. The van der Waals surface area contributed by atoms with E-state index >= 15 is 4.39 Å². The van der Waals surface area contributed by atoms with Crippen molar-refractivity contribution in [3.05, 3.63) is 82.1 Å². The molecule has 1 heterocycles. The molecule has 4 rings (SSSR count). The van der Waals surface area contributed by atoms with Gasteiger partial charge in [0.05, 0.1) is 37.0 Å². The largest absolute Gasteiger partial charge is 0.496 e. The Morgan fingerprint density at radius 3 is 2.47 bits per heavy atom. The summed E-state index contributed by atoms with van der Waals surface area (Å²) in [5.74, 6) is -0.125. The molecule has 5 nitrogen and oxygen atoms in total. The number of halogens is 2. The van der Waals surface area contributed by atoms with Crippen LogP contribution in [-0.4, -0.2) is 34.0 Å². The third-order valence-corrected chi connectivity index (χ3v) is 5.75. The molecule has 7 heteroatoms. The van der Waals surface area contributed by atoms with Crippen molar-refractivity contribution in [3.8, 4) is 28.7 Å². The topological polar surface area (TPSA) is 64.0 Å². The molecule has 3 aromatic rings. The standard InChI is InChI=1S/C25H21ClFNO4/c1-29-10-11-31-21-9-8-16(14-28)23(24(21)27)18-12-19(22(30-2)13-20(18)26)25(15-32-25)17-6-4-3-5-7-17/h3-9,12-13H,10-11,15H2,1-2H3. The molecule has 0 bridgehead atoms. The molecule has 0 amide bonds. The zero-order valence-corrected chi connectivity index (χ0v) is 18.4. The van der Waals surface area contributed by atoms with Crippen LogP contribution in [0.25, 0.3) is 11.1 Å². The molecule has 0 aliphatic carbocycles. The minimum Gasteiger partial charge on any atom is -0.496 e. The van der Waals surface area contributed by atoms with E-state index < -0.39 is 11.4 Å². The van der Waals surface area contributed by atoms with E-state index in [9.17, 15) is 5.26 Å². The Bertz CT molecular complexity index is 1170. The van der Waals surface area contributed by atoms with Crippen LogP contribution in [0.1, 0.15) is 16.7 Å². The average molecular weight is 454 g/mol. The minimum absolute atomic E-state index is 0.0185. The maximum atomic E-state index is 15.5. The smallest absolute Gasteiger partial charge is 0.174 e. The van der Waals surface area contributed by atoms with Crippen molar-refractivity contribution in [1.29, 1.82) is 5.26 Å². The summed E-state index contributed by atoms with van der Waals surface area (Å²) in [6, 6.07) is 18.1. The lowest BCUT2D eigenvalue weighted by Gasteiger charge is -2.20. The van der Waals surface area contributed by atoms with E-state index in [0.717, 1.165) is 5.56 Å². The molecular weight excluding hydrogens is 433 g/mol. The molecule has 1 unspecified atom stereocenters. The van der Waals surface area contributed by atoms with Crippen molar-refractivity contribution in [3.63, 3.8) is 0 Å². The van der Waals surface area contributed by atoms with Gasteiger partial charge in [0.25, 0.3) is 0 Å². The Morgan fingerprint density at radius 2 is 1.84 bits per heavy atom. The number of rotatable bonds is 8. The highest BCUT2D eigenvalue weighted by Gasteiger charge is 2.50. The summed E-state index contributed by atoms with van der Waals surface area (Å²) >= 11 is 6.55. The van der Waals surface area contributed by atoms with Crippen molar-refractivity contribution in [2.45, 2.75) is 5.60 Å². The second kappa shape index (κ2) is 9.17. The molecule has 0 N–H and O–H groups in total. The van der Waals surface area contributed by atoms with Crippen LogP contribution in [0.15, 0.2) is 54.6 Å². The van der Waals surface area contributed by atoms with Crippen LogP contribution in [0.4, 0.5) is 4.39 Å². The van der Waals surface area contributed by atoms with Gasteiger partial charge in [0.2, 0.25) is 0 Å². The number of methoxy groups -OCH3 is 2. The Hall–Kier alpha value is -3.11. The van der Waals surface area contributed by atoms with Gasteiger partial charge in [-0.1, -0.05) is 41.9 Å². The van der Waals surface area contributed by atoms with E-state index in [-0.39, 0.29) is 28.5 Å². The Morgan fingerprint density at radius 1 is 1.09 bits per heavy atom. The highest BCUT2D eigenvalue weighted by atomic mass is 35.5. The van der Waals surface area contributed by atoms with Crippen LogP contribution in [0.5, 0.6) is 11.5 Å². The quantitative estimate of drug-likeness (QED) is 0.341. The molecule has 1 aliphatic heterocycles. The highest BCUT2D eigenvalue weighted by Crippen LogP contribution is 2.51. The van der Waals surface area contributed by atoms with Gasteiger partial charge in [-0.25, -0.2) is 4.39 Å². The lowest BCUT2D eigenvalue weighted by Crippen LogP contribution is -2.13. The van der Waals surface area contributed by atoms with Crippen molar-refractivity contribution in [1.82, 2.24) is 0 Å². The van der Waals surface area contributed by atoms with Gasteiger partial charge in [-0.3, -0.25) is 0 Å². The van der Waals surface area contributed by atoms with Gasteiger partial charge in [0, 0.05) is 23.8 Å². The summed E-state index contributed by atoms with van der Waals surface area (Å²) in [7, 11) is 3.08. The van der Waals surface area contributed by atoms with Crippen LogP contribution in [0, 0.1) is 17.1 Å². The normalized spacial score (nSPS) is 17.0. The van der Waals surface area contributed by atoms with Gasteiger partial charge in [0.15, 0.2) is 11.6 Å². The molecule has 0 aromatic heterocycles. The van der Waals surface area contributed by atoms with Gasteiger partial charge in [-0.05, 0) is 29.8 Å². The van der Waals surface area contributed by atoms with Gasteiger partial charge < -0.3 is 18.9 Å². The van der Waals surface area contributed by atoms with E-state index in [0.29, 0.717) is 30.1 Å². The predicted molar refractivity (Wildman–Crippen MR) is 119 cm³/mol. The summed E-state index contributed by atoms with van der Waals surface area (Å²) in [6.07, 6.45) is 0. The lowest BCUT2D eigenvalue weighted by atomic mass is 9.88. The molecule has 164 valence electrons. The van der Waals surface area contributed by atoms with Gasteiger partial charge >= 0.3 is 0 Å². The van der Waals surface area contributed by atoms with E-state index in [2.05, 4.69) is 0 Å². The minimum atomic E-state index is -0.720. The first-order valence-corrected chi connectivity index (χ1v) is 10.4. The van der Waals surface area contributed by atoms with Crippen LogP contribution in [0.3, 0.4) is 0 Å². The SMILES string of the molecule is COCCOc1ccc(C#N)c(-c2cc(C3(c4ccccc4)CO3)c(OC)cc2Cl)c1F.